The fourth-order valence-corrected chi connectivity index (χ4v) is 1.66. The molecular weight excluding hydrogens is 202 g/mol. The summed E-state index contributed by atoms with van der Waals surface area (Å²) in [5.74, 6) is 0. The van der Waals surface area contributed by atoms with Gasteiger partial charge in [-0.1, -0.05) is 23.8 Å². The summed E-state index contributed by atoms with van der Waals surface area (Å²) in [7, 11) is 3.14. The molecule has 0 radical (unpaired) electrons. The van der Waals surface area contributed by atoms with Gasteiger partial charge >= 0.3 is 6.09 Å². The molecule has 0 aliphatic carbocycles. The van der Waals surface area contributed by atoms with E-state index in [-0.39, 0.29) is 6.09 Å². The molecular formula is C13H19NO2. The van der Waals surface area contributed by atoms with E-state index in [1.54, 1.807) is 11.9 Å². The number of aryl methyl sites for hydroxylation is 2. The van der Waals surface area contributed by atoms with Gasteiger partial charge in [-0.2, -0.15) is 0 Å². The SMILES string of the molecule is COC(=O)N(C)CCc1ccc(C)cc1C. The number of carbonyl (C=O) groups excluding carboxylic acids is 1. The van der Waals surface area contributed by atoms with Gasteiger partial charge in [0.25, 0.3) is 0 Å². The van der Waals surface area contributed by atoms with Crippen LogP contribution in [0.15, 0.2) is 18.2 Å². The van der Waals surface area contributed by atoms with E-state index < -0.39 is 0 Å². The van der Waals surface area contributed by atoms with Crippen LogP contribution in [0.2, 0.25) is 0 Å². The number of carbonyl (C=O) groups is 1. The highest BCUT2D eigenvalue weighted by Gasteiger charge is 2.08. The lowest BCUT2D eigenvalue weighted by atomic mass is 10.0. The molecule has 0 fully saturated rings. The molecule has 1 aromatic carbocycles. The van der Waals surface area contributed by atoms with Crippen molar-refractivity contribution in [2.45, 2.75) is 20.3 Å². The van der Waals surface area contributed by atoms with Gasteiger partial charge in [-0.3, -0.25) is 0 Å². The number of amides is 1. The van der Waals surface area contributed by atoms with Gasteiger partial charge in [0.05, 0.1) is 7.11 Å². The highest BCUT2D eigenvalue weighted by molar-refractivity contribution is 5.66. The minimum absolute atomic E-state index is 0.287. The summed E-state index contributed by atoms with van der Waals surface area (Å²) in [6.45, 7) is 4.86. The van der Waals surface area contributed by atoms with E-state index in [1.165, 1.54) is 23.8 Å². The molecule has 16 heavy (non-hydrogen) atoms. The average molecular weight is 221 g/mol. The zero-order valence-corrected chi connectivity index (χ0v) is 10.4. The molecule has 0 saturated heterocycles. The van der Waals surface area contributed by atoms with Gasteiger partial charge in [-0.15, -0.1) is 0 Å². The first-order chi connectivity index (χ1) is 7.54. The standard InChI is InChI=1S/C13H19NO2/c1-10-5-6-12(11(2)9-10)7-8-14(3)13(15)16-4/h5-6,9H,7-8H2,1-4H3. The number of nitrogens with zero attached hydrogens (tertiary/aromatic N) is 1. The molecule has 3 heteroatoms. The number of hydrogen-bond acceptors (Lipinski definition) is 2. The molecule has 1 amide bonds. The summed E-state index contributed by atoms with van der Waals surface area (Å²) in [6, 6.07) is 6.38. The second-order valence-corrected chi connectivity index (χ2v) is 4.07. The largest absolute Gasteiger partial charge is 0.453 e. The van der Waals surface area contributed by atoms with Crippen molar-refractivity contribution in [1.29, 1.82) is 0 Å². The summed E-state index contributed by atoms with van der Waals surface area (Å²) in [5, 5.41) is 0. The second-order valence-electron chi connectivity index (χ2n) is 4.07. The minimum Gasteiger partial charge on any atom is -0.453 e. The average Bonchev–Trinajstić information content (AvgIpc) is 2.26. The van der Waals surface area contributed by atoms with Crippen LogP contribution in [0.25, 0.3) is 0 Å². The lowest BCUT2D eigenvalue weighted by molar-refractivity contribution is 0.134. The third-order valence-corrected chi connectivity index (χ3v) is 2.70. The van der Waals surface area contributed by atoms with Gasteiger partial charge in [0.15, 0.2) is 0 Å². The predicted molar refractivity (Wildman–Crippen MR) is 64.7 cm³/mol. The van der Waals surface area contributed by atoms with E-state index in [4.69, 9.17) is 0 Å². The Hall–Kier alpha value is -1.51. The van der Waals surface area contributed by atoms with Crippen molar-refractivity contribution in [2.24, 2.45) is 0 Å². The molecule has 0 heterocycles. The quantitative estimate of drug-likeness (QED) is 0.785. The Labute approximate surface area is 97.0 Å². The van der Waals surface area contributed by atoms with E-state index in [0.717, 1.165) is 6.42 Å². The molecule has 0 aliphatic rings. The van der Waals surface area contributed by atoms with Crippen molar-refractivity contribution in [3.63, 3.8) is 0 Å². The maximum atomic E-state index is 11.2. The summed E-state index contributed by atoms with van der Waals surface area (Å²) < 4.78 is 4.64. The molecule has 0 bridgehead atoms. The highest BCUT2D eigenvalue weighted by atomic mass is 16.5. The summed E-state index contributed by atoms with van der Waals surface area (Å²) in [5.41, 5.74) is 3.82. The molecule has 0 spiro atoms. The Morgan fingerprint density at radius 3 is 2.62 bits per heavy atom. The first-order valence-corrected chi connectivity index (χ1v) is 5.40. The topological polar surface area (TPSA) is 29.5 Å². The zero-order chi connectivity index (χ0) is 12.1. The Morgan fingerprint density at radius 2 is 2.06 bits per heavy atom. The maximum absolute atomic E-state index is 11.2. The van der Waals surface area contributed by atoms with Crippen molar-refractivity contribution < 1.29 is 9.53 Å². The van der Waals surface area contributed by atoms with Crippen LogP contribution in [0.5, 0.6) is 0 Å². The van der Waals surface area contributed by atoms with Crippen LogP contribution in [0.3, 0.4) is 0 Å². The molecule has 0 aromatic heterocycles. The van der Waals surface area contributed by atoms with Crippen LogP contribution in [-0.2, 0) is 11.2 Å². The molecule has 0 saturated carbocycles. The molecule has 3 nitrogen and oxygen atoms in total. The molecule has 1 aromatic rings. The lowest BCUT2D eigenvalue weighted by Gasteiger charge is -2.16. The minimum atomic E-state index is -0.287. The fourth-order valence-electron chi connectivity index (χ4n) is 1.66. The molecule has 0 unspecified atom stereocenters. The normalized spacial score (nSPS) is 10.0. The van der Waals surface area contributed by atoms with E-state index in [9.17, 15) is 4.79 Å². The van der Waals surface area contributed by atoms with Crippen LogP contribution >= 0.6 is 0 Å². The van der Waals surface area contributed by atoms with E-state index in [1.807, 2.05) is 0 Å². The third kappa shape index (κ3) is 3.26. The Kier molecular flexibility index (Phi) is 4.35. The van der Waals surface area contributed by atoms with Crippen molar-refractivity contribution in [3.8, 4) is 0 Å². The first-order valence-electron chi connectivity index (χ1n) is 5.40. The van der Waals surface area contributed by atoms with Crippen molar-refractivity contribution in [3.05, 3.63) is 34.9 Å². The molecule has 0 aliphatic heterocycles. The zero-order valence-electron chi connectivity index (χ0n) is 10.4. The second kappa shape index (κ2) is 5.54. The monoisotopic (exact) mass is 221 g/mol. The molecule has 0 atom stereocenters. The van der Waals surface area contributed by atoms with E-state index >= 15 is 0 Å². The lowest BCUT2D eigenvalue weighted by Crippen LogP contribution is -2.28. The Balaban J connectivity index is 2.58. The first kappa shape index (κ1) is 12.6. The number of benzene rings is 1. The van der Waals surface area contributed by atoms with Crippen LogP contribution in [0.1, 0.15) is 16.7 Å². The van der Waals surface area contributed by atoms with Gasteiger partial charge in [-0.05, 0) is 31.4 Å². The number of ether oxygens (including phenoxy) is 1. The van der Waals surface area contributed by atoms with E-state index in [0.29, 0.717) is 6.54 Å². The highest BCUT2D eigenvalue weighted by Crippen LogP contribution is 2.11. The van der Waals surface area contributed by atoms with E-state index in [2.05, 4.69) is 36.8 Å². The van der Waals surface area contributed by atoms with Crippen LogP contribution in [0.4, 0.5) is 4.79 Å². The fraction of sp³-hybridized carbons (Fsp3) is 0.462. The molecule has 1 rings (SSSR count). The van der Waals surface area contributed by atoms with Gasteiger partial charge in [-0.25, -0.2) is 4.79 Å². The summed E-state index contributed by atoms with van der Waals surface area (Å²) >= 11 is 0. The molecule has 88 valence electrons. The Morgan fingerprint density at radius 1 is 1.38 bits per heavy atom. The van der Waals surface area contributed by atoms with Gasteiger partial charge < -0.3 is 9.64 Å². The number of rotatable bonds is 3. The van der Waals surface area contributed by atoms with Gasteiger partial charge in [0.2, 0.25) is 0 Å². The third-order valence-electron chi connectivity index (χ3n) is 2.70. The Bertz CT molecular complexity index is 374. The molecule has 0 N–H and O–H groups in total. The van der Waals surface area contributed by atoms with Gasteiger partial charge in [0, 0.05) is 13.6 Å². The van der Waals surface area contributed by atoms with Gasteiger partial charge in [0.1, 0.15) is 0 Å². The number of hydrogen-bond donors (Lipinski definition) is 0. The van der Waals surface area contributed by atoms with Crippen molar-refractivity contribution in [2.75, 3.05) is 20.7 Å². The smallest absolute Gasteiger partial charge is 0.409 e. The van der Waals surface area contributed by atoms with Crippen LogP contribution in [-0.4, -0.2) is 31.7 Å². The summed E-state index contributed by atoms with van der Waals surface area (Å²) in [6.07, 6.45) is 0.572. The summed E-state index contributed by atoms with van der Waals surface area (Å²) in [4.78, 5) is 12.8. The maximum Gasteiger partial charge on any atom is 0.409 e. The predicted octanol–water partition coefficient (Wildman–Crippen LogP) is 2.54. The number of likely N-dealkylation sites (N-methyl/N-ethyl adjacent to an activating group) is 1. The van der Waals surface area contributed by atoms with Crippen molar-refractivity contribution >= 4 is 6.09 Å². The van der Waals surface area contributed by atoms with Crippen LogP contribution < -0.4 is 0 Å². The van der Waals surface area contributed by atoms with Crippen molar-refractivity contribution in [1.82, 2.24) is 4.90 Å². The number of methoxy groups -OCH3 is 1. The van der Waals surface area contributed by atoms with Crippen LogP contribution in [0, 0.1) is 13.8 Å².